The maximum Gasteiger partial charge on any atom is 0.163 e. The van der Waals surface area contributed by atoms with Gasteiger partial charge in [-0.25, -0.2) is 5.21 Å². The van der Waals surface area contributed by atoms with Crippen molar-refractivity contribution in [2.75, 3.05) is 13.7 Å². The van der Waals surface area contributed by atoms with Crippen LogP contribution in [-0.2, 0) is 4.74 Å². The Morgan fingerprint density at radius 3 is 2.44 bits per heavy atom. The SMILES string of the molecule is COCC(N=Cc1ccc([NH+]([O-])O)cc1)C(C)C. The maximum absolute atomic E-state index is 10.7. The van der Waals surface area contributed by atoms with Gasteiger partial charge in [0.2, 0.25) is 0 Å². The lowest BCUT2D eigenvalue weighted by Gasteiger charge is -2.15. The summed E-state index contributed by atoms with van der Waals surface area (Å²) in [6.07, 6.45) is 1.76. The highest BCUT2D eigenvalue weighted by Crippen LogP contribution is 2.08. The Morgan fingerprint density at radius 2 is 2.00 bits per heavy atom. The number of hydrogen-bond acceptors (Lipinski definition) is 4. The summed E-state index contributed by atoms with van der Waals surface area (Å²) in [7, 11) is 1.66. The van der Waals surface area contributed by atoms with Gasteiger partial charge in [-0.2, -0.15) is 5.23 Å². The van der Waals surface area contributed by atoms with E-state index in [4.69, 9.17) is 9.94 Å². The van der Waals surface area contributed by atoms with E-state index in [2.05, 4.69) is 18.8 Å². The number of ether oxygens (including phenoxy) is 1. The van der Waals surface area contributed by atoms with Crippen molar-refractivity contribution < 1.29 is 15.2 Å². The molecule has 100 valence electrons. The molecule has 0 saturated heterocycles. The third-order valence-electron chi connectivity index (χ3n) is 2.68. The number of nitrogens with zero attached hydrogens (tertiary/aromatic N) is 1. The Kier molecular flexibility index (Phi) is 5.94. The van der Waals surface area contributed by atoms with E-state index in [1.807, 2.05) is 0 Å². The molecule has 0 spiro atoms. The molecule has 0 aliphatic carbocycles. The molecular formula is C13H20N2O3. The van der Waals surface area contributed by atoms with E-state index in [9.17, 15) is 5.21 Å². The van der Waals surface area contributed by atoms with Crippen molar-refractivity contribution in [1.29, 1.82) is 0 Å². The molecule has 0 heterocycles. The Bertz CT molecular complexity index is 374. The maximum atomic E-state index is 10.7. The molecular weight excluding hydrogens is 232 g/mol. The van der Waals surface area contributed by atoms with Crippen LogP contribution in [0.4, 0.5) is 5.69 Å². The number of benzene rings is 1. The molecule has 0 aromatic heterocycles. The van der Waals surface area contributed by atoms with Crippen molar-refractivity contribution >= 4 is 11.9 Å². The number of quaternary nitrogens is 1. The fourth-order valence-electron chi connectivity index (χ4n) is 1.47. The van der Waals surface area contributed by atoms with Crippen LogP contribution in [0, 0.1) is 11.1 Å². The molecule has 0 bridgehead atoms. The van der Waals surface area contributed by atoms with Crippen LogP contribution in [0.2, 0.25) is 0 Å². The van der Waals surface area contributed by atoms with E-state index in [0.29, 0.717) is 12.5 Å². The predicted octanol–water partition coefficient (Wildman–Crippen LogP) is 1.18. The Balaban J connectivity index is 2.70. The second-order valence-corrected chi connectivity index (χ2v) is 4.47. The normalized spacial score (nSPS) is 15.2. The van der Waals surface area contributed by atoms with Gasteiger partial charge in [-0.15, -0.1) is 0 Å². The minimum Gasteiger partial charge on any atom is -0.595 e. The summed E-state index contributed by atoms with van der Waals surface area (Å²) in [6.45, 7) is 4.77. The highest BCUT2D eigenvalue weighted by atomic mass is 16.8. The minimum absolute atomic E-state index is 0.120. The van der Waals surface area contributed by atoms with Gasteiger partial charge in [0.1, 0.15) is 0 Å². The van der Waals surface area contributed by atoms with Crippen LogP contribution < -0.4 is 5.23 Å². The molecule has 0 fully saturated rings. The first-order chi connectivity index (χ1) is 8.54. The number of aliphatic imine (C=N–C) groups is 1. The first-order valence-corrected chi connectivity index (χ1v) is 5.90. The van der Waals surface area contributed by atoms with Gasteiger partial charge < -0.3 is 9.94 Å². The van der Waals surface area contributed by atoms with Crippen LogP contribution >= 0.6 is 0 Å². The number of rotatable bonds is 6. The molecule has 1 rings (SSSR count). The van der Waals surface area contributed by atoms with Crippen molar-refractivity contribution in [2.45, 2.75) is 19.9 Å². The smallest absolute Gasteiger partial charge is 0.163 e. The summed E-state index contributed by atoms with van der Waals surface area (Å²) in [5.74, 6) is 0.402. The minimum atomic E-state index is -0.919. The second kappa shape index (κ2) is 7.23. The standard InChI is InChI=1S/C13H20N2O3/c1-10(2)13(9-18-3)14-8-11-4-6-12(7-5-11)15(16)17/h4-8,10,13,15-16H,9H2,1-3H3. The van der Waals surface area contributed by atoms with Crippen molar-refractivity contribution in [1.82, 2.24) is 0 Å². The Morgan fingerprint density at radius 1 is 1.39 bits per heavy atom. The summed E-state index contributed by atoms with van der Waals surface area (Å²) in [5.41, 5.74) is 1.17. The first-order valence-electron chi connectivity index (χ1n) is 5.90. The number of methoxy groups -OCH3 is 1. The average molecular weight is 252 g/mol. The third-order valence-corrected chi connectivity index (χ3v) is 2.68. The number of hydrogen-bond donors (Lipinski definition) is 2. The molecule has 5 heteroatoms. The van der Waals surface area contributed by atoms with Crippen LogP contribution in [0.25, 0.3) is 0 Å². The largest absolute Gasteiger partial charge is 0.595 e. The number of nitrogens with one attached hydrogen (secondary N) is 1. The van der Waals surface area contributed by atoms with Crippen molar-refractivity contribution in [3.63, 3.8) is 0 Å². The first kappa shape index (κ1) is 14.8. The van der Waals surface area contributed by atoms with Crippen LogP contribution in [0.5, 0.6) is 0 Å². The van der Waals surface area contributed by atoms with Gasteiger partial charge in [0, 0.05) is 25.5 Å². The van der Waals surface area contributed by atoms with Crippen molar-refractivity contribution in [2.24, 2.45) is 10.9 Å². The molecule has 5 nitrogen and oxygen atoms in total. The average Bonchev–Trinajstić information content (AvgIpc) is 2.34. The molecule has 2 N–H and O–H groups in total. The summed E-state index contributed by atoms with van der Waals surface area (Å²) in [4.78, 5) is 4.46. The third kappa shape index (κ3) is 4.54. The van der Waals surface area contributed by atoms with Crippen LogP contribution in [0.1, 0.15) is 19.4 Å². The summed E-state index contributed by atoms with van der Waals surface area (Å²) in [5, 5.41) is 18.6. The lowest BCUT2D eigenvalue weighted by Crippen LogP contribution is -2.99. The fraction of sp³-hybridized carbons (Fsp3) is 0.462. The Labute approximate surface area is 107 Å². The highest BCUT2D eigenvalue weighted by Gasteiger charge is 2.10. The summed E-state index contributed by atoms with van der Waals surface area (Å²) in [6, 6.07) is 6.76. The summed E-state index contributed by atoms with van der Waals surface area (Å²) >= 11 is 0. The van der Waals surface area contributed by atoms with Gasteiger partial charge in [-0.05, 0) is 23.6 Å². The molecule has 2 atom stereocenters. The van der Waals surface area contributed by atoms with E-state index < -0.39 is 5.23 Å². The lowest BCUT2D eigenvalue weighted by molar-refractivity contribution is -0.991. The topological polar surface area (TPSA) is 69.3 Å². The van der Waals surface area contributed by atoms with E-state index >= 15 is 0 Å². The fourth-order valence-corrected chi connectivity index (χ4v) is 1.47. The van der Waals surface area contributed by atoms with E-state index in [-0.39, 0.29) is 11.7 Å². The Hall–Kier alpha value is -1.27. The molecule has 0 aliphatic rings. The zero-order chi connectivity index (χ0) is 13.5. The van der Waals surface area contributed by atoms with Gasteiger partial charge in [0.15, 0.2) is 5.69 Å². The molecule has 2 unspecified atom stereocenters. The van der Waals surface area contributed by atoms with Crippen molar-refractivity contribution in [3.05, 3.63) is 35.0 Å². The monoisotopic (exact) mass is 252 g/mol. The van der Waals surface area contributed by atoms with Gasteiger partial charge in [0.25, 0.3) is 0 Å². The molecule has 0 aliphatic heterocycles. The van der Waals surface area contributed by atoms with E-state index in [1.54, 1.807) is 37.6 Å². The summed E-state index contributed by atoms with van der Waals surface area (Å²) < 4.78 is 5.11. The predicted molar refractivity (Wildman–Crippen MR) is 70.3 cm³/mol. The lowest BCUT2D eigenvalue weighted by atomic mass is 10.1. The van der Waals surface area contributed by atoms with Gasteiger partial charge in [-0.1, -0.05) is 13.8 Å². The van der Waals surface area contributed by atoms with Crippen LogP contribution in [0.15, 0.2) is 29.3 Å². The van der Waals surface area contributed by atoms with Crippen LogP contribution in [0.3, 0.4) is 0 Å². The molecule has 1 aromatic rings. The van der Waals surface area contributed by atoms with Gasteiger partial charge >= 0.3 is 0 Å². The molecule has 1 aromatic carbocycles. The highest BCUT2D eigenvalue weighted by molar-refractivity contribution is 5.80. The zero-order valence-electron chi connectivity index (χ0n) is 11.0. The zero-order valence-corrected chi connectivity index (χ0v) is 11.0. The van der Waals surface area contributed by atoms with E-state index in [0.717, 1.165) is 5.56 Å². The second-order valence-electron chi connectivity index (χ2n) is 4.47. The van der Waals surface area contributed by atoms with Crippen LogP contribution in [-0.4, -0.2) is 31.2 Å². The van der Waals surface area contributed by atoms with Gasteiger partial charge in [-0.3, -0.25) is 4.99 Å². The quantitative estimate of drug-likeness (QED) is 0.590. The molecule has 0 amide bonds. The van der Waals surface area contributed by atoms with Crippen molar-refractivity contribution in [3.8, 4) is 0 Å². The molecule has 0 radical (unpaired) electrons. The van der Waals surface area contributed by atoms with Gasteiger partial charge in [0.05, 0.1) is 12.6 Å². The molecule has 0 saturated carbocycles. The molecule has 18 heavy (non-hydrogen) atoms. The van der Waals surface area contributed by atoms with E-state index in [1.165, 1.54) is 0 Å².